The standard InChI is InChI=1S/C21H24N2O3/c1-21(2,19(24)22-16-10-12-17(26-3)13-11-16)20(25)23-14-6-8-15-7-4-5-9-18(15)23/h4-5,7,9-13H,6,8,14H2,1-3H3,(H,22,24). The summed E-state index contributed by atoms with van der Waals surface area (Å²) in [5.74, 6) is 0.203. The van der Waals surface area contributed by atoms with Crippen molar-refractivity contribution in [2.75, 3.05) is 23.9 Å². The van der Waals surface area contributed by atoms with Crippen LogP contribution in [-0.4, -0.2) is 25.5 Å². The van der Waals surface area contributed by atoms with E-state index in [1.165, 1.54) is 0 Å². The number of carbonyl (C=O) groups is 2. The molecule has 1 aliphatic heterocycles. The smallest absolute Gasteiger partial charge is 0.242 e. The van der Waals surface area contributed by atoms with Gasteiger partial charge in [0.2, 0.25) is 11.8 Å². The van der Waals surface area contributed by atoms with E-state index in [0.717, 1.165) is 24.1 Å². The molecule has 0 fully saturated rings. The van der Waals surface area contributed by atoms with Gasteiger partial charge in [-0.25, -0.2) is 0 Å². The second kappa shape index (κ2) is 7.20. The van der Waals surface area contributed by atoms with Crippen molar-refractivity contribution in [1.82, 2.24) is 0 Å². The van der Waals surface area contributed by atoms with Gasteiger partial charge in [-0.1, -0.05) is 18.2 Å². The molecule has 0 spiro atoms. The SMILES string of the molecule is COc1ccc(NC(=O)C(C)(C)C(=O)N2CCCc3ccccc32)cc1. The molecule has 1 heterocycles. The molecule has 0 aliphatic carbocycles. The van der Waals surface area contributed by atoms with Gasteiger partial charge in [0, 0.05) is 17.9 Å². The number of nitrogens with zero attached hydrogens (tertiary/aromatic N) is 1. The molecule has 1 aliphatic rings. The minimum Gasteiger partial charge on any atom is -0.497 e. The number of para-hydroxylation sites is 1. The van der Waals surface area contributed by atoms with Gasteiger partial charge in [-0.15, -0.1) is 0 Å². The van der Waals surface area contributed by atoms with Gasteiger partial charge in [-0.3, -0.25) is 9.59 Å². The number of hydrogen-bond acceptors (Lipinski definition) is 3. The Labute approximate surface area is 154 Å². The Morgan fingerprint density at radius 2 is 1.77 bits per heavy atom. The van der Waals surface area contributed by atoms with Crippen LogP contribution in [-0.2, 0) is 16.0 Å². The summed E-state index contributed by atoms with van der Waals surface area (Å²) in [6.45, 7) is 3.98. The first-order valence-electron chi connectivity index (χ1n) is 8.79. The van der Waals surface area contributed by atoms with Crippen LogP contribution >= 0.6 is 0 Å². The Morgan fingerprint density at radius 3 is 2.46 bits per heavy atom. The van der Waals surface area contributed by atoms with Gasteiger partial charge in [0.15, 0.2) is 0 Å². The Kier molecular flexibility index (Phi) is 4.98. The van der Waals surface area contributed by atoms with E-state index in [4.69, 9.17) is 4.74 Å². The van der Waals surface area contributed by atoms with E-state index in [1.54, 1.807) is 50.1 Å². The van der Waals surface area contributed by atoms with Gasteiger partial charge in [0.05, 0.1) is 7.11 Å². The van der Waals surface area contributed by atoms with Crippen molar-refractivity contribution < 1.29 is 14.3 Å². The Bertz CT molecular complexity index is 812. The number of nitrogens with one attached hydrogen (secondary N) is 1. The zero-order valence-corrected chi connectivity index (χ0v) is 15.4. The zero-order valence-electron chi connectivity index (χ0n) is 15.4. The molecule has 0 saturated carbocycles. The number of carbonyl (C=O) groups excluding carboxylic acids is 2. The van der Waals surface area contributed by atoms with Gasteiger partial charge in [-0.05, 0) is 62.6 Å². The Hall–Kier alpha value is -2.82. The number of aryl methyl sites for hydroxylation is 1. The highest BCUT2D eigenvalue weighted by atomic mass is 16.5. The van der Waals surface area contributed by atoms with Gasteiger partial charge in [-0.2, -0.15) is 0 Å². The normalized spacial score (nSPS) is 13.7. The predicted octanol–water partition coefficient (Wildman–Crippen LogP) is 3.64. The lowest BCUT2D eigenvalue weighted by atomic mass is 9.88. The minimum atomic E-state index is -1.18. The number of hydrogen-bond donors (Lipinski definition) is 1. The minimum absolute atomic E-state index is 0.185. The second-order valence-corrected chi connectivity index (χ2v) is 7.00. The molecule has 0 bridgehead atoms. The molecule has 0 atom stereocenters. The molecule has 0 unspecified atom stereocenters. The second-order valence-electron chi connectivity index (χ2n) is 7.00. The Morgan fingerprint density at radius 1 is 1.08 bits per heavy atom. The summed E-state index contributed by atoms with van der Waals surface area (Å²) in [5, 5.41) is 2.84. The number of fused-ring (bicyclic) bond motifs is 1. The molecule has 0 aromatic heterocycles. The molecule has 26 heavy (non-hydrogen) atoms. The van der Waals surface area contributed by atoms with Crippen LogP contribution in [0.1, 0.15) is 25.8 Å². The quantitative estimate of drug-likeness (QED) is 0.855. The lowest BCUT2D eigenvalue weighted by Gasteiger charge is -2.35. The maximum atomic E-state index is 13.2. The number of ether oxygens (including phenoxy) is 1. The lowest BCUT2D eigenvalue weighted by molar-refractivity contribution is -0.136. The average Bonchev–Trinajstić information content (AvgIpc) is 2.67. The maximum Gasteiger partial charge on any atom is 0.242 e. The van der Waals surface area contributed by atoms with Gasteiger partial charge in [0.25, 0.3) is 0 Å². The van der Waals surface area contributed by atoms with Gasteiger partial charge in [0.1, 0.15) is 11.2 Å². The van der Waals surface area contributed by atoms with E-state index in [-0.39, 0.29) is 11.8 Å². The molecule has 136 valence electrons. The maximum absolute atomic E-state index is 13.2. The molecule has 5 heteroatoms. The van der Waals surface area contributed by atoms with Crippen molar-refractivity contribution in [3.8, 4) is 5.75 Å². The predicted molar refractivity (Wildman–Crippen MR) is 103 cm³/mol. The average molecular weight is 352 g/mol. The van der Waals surface area contributed by atoms with E-state index in [1.807, 2.05) is 24.3 Å². The number of anilines is 2. The molecule has 2 aromatic rings. The summed E-state index contributed by atoms with van der Waals surface area (Å²) in [5.41, 5.74) is 1.52. The first-order chi connectivity index (χ1) is 12.4. The van der Waals surface area contributed by atoms with Crippen LogP contribution in [0.15, 0.2) is 48.5 Å². The van der Waals surface area contributed by atoms with E-state index >= 15 is 0 Å². The fourth-order valence-electron chi connectivity index (χ4n) is 3.14. The van der Waals surface area contributed by atoms with Gasteiger partial charge < -0.3 is 15.0 Å². The Balaban J connectivity index is 1.78. The van der Waals surface area contributed by atoms with Crippen LogP contribution in [0, 0.1) is 5.41 Å². The molecular formula is C21H24N2O3. The monoisotopic (exact) mass is 352 g/mol. The van der Waals surface area contributed by atoms with Crippen molar-refractivity contribution in [1.29, 1.82) is 0 Å². The van der Waals surface area contributed by atoms with E-state index < -0.39 is 5.41 Å². The van der Waals surface area contributed by atoms with Crippen LogP contribution < -0.4 is 15.0 Å². The van der Waals surface area contributed by atoms with Crippen LogP contribution in [0.25, 0.3) is 0 Å². The van der Waals surface area contributed by atoms with Crippen molar-refractivity contribution in [2.24, 2.45) is 5.41 Å². The number of benzene rings is 2. The molecule has 1 N–H and O–H groups in total. The van der Waals surface area contributed by atoms with Crippen molar-refractivity contribution in [3.05, 3.63) is 54.1 Å². The molecule has 0 radical (unpaired) electrons. The van der Waals surface area contributed by atoms with Crippen LogP contribution in [0.4, 0.5) is 11.4 Å². The van der Waals surface area contributed by atoms with E-state index in [0.29, 0.717) is 18.0 Å². The summed E-state index contributed by atoms with van der Waals surface area (Å²) < 4.78 is 5.12. The molecule has 0 saturated heterocycles. The first-order valence-corrected chi connectivity index (χ1v) is 8.79. The first kappa shape index (κ1) is 18.0. The summed E-state index contributed by atoms with van der Waals surface area (Å²) in [6.07, 6.45) is 1.86. The summed E-state index contributed by atoms with van der Waals surface area (Å²) in [6, 6.07) is 14.9. The highest BCUT2D eigenvalue weighted by Gasteiger charge is 2.40. The van der Waals surface area contributed by atoms with Crippen LogP contribution in [0.5, 0.6) is 5.75 Å². The van der Waals surface area contributed by atoms with Crippen molar-refractivity contribution in [3.63, 3.8) is 0 Å². The zero-order chi connectivity index (χ0) is 18.7. The molecule has 3 rings (SSSR count). The largest absolute Gasteiger partial charge is 0.497 e. The van der Waals surface area contributed by atoms with E-state index in [9.17, 15) is 9.59 Å². The van der Waals surface area contributed by atoms with E-state index in [2.05, 4.69) is 5.32 Å². The lowest BCUT2D eigenvalue weighted by Crippen LogP contribution is -2.49. The molecular weight excluding hydrogens is 328 g/mol. The topological polar surface area (TPSA) is 58.6 Å². The fraction of sp³-hybridized carbons (Fsp3) is 0.333. The van der Waals surface area contributed by atoms with Crippen LogP contribution in [0.3, 0.4) is 0 Å². The molecule has 2 aromatic carbocycles. The highest BCUT2D eigenvalue weighted by molar-refractivity contribution is 6.15. The molecule has 2 amide bonds. The number of rotatable bonds is 4. The third kappa shape index (κ3) is 3.43. The summed E-state index contributed by atoms with van der Waals surface area (Å²) >= 11 is 0. The molecule has 5 nitrogen and oxygen atoms in total. The summed E-state index contributed by atoms with van der Waals surface area (Å²) in [7, 11) is 1.59. The fourth-order valence-corrected chi connectivity index (χ4v) is 3.14. The number of methoxy groups -OCH3 is 1. The van der Waals surface area contributed by atoms with Crippen molar-refractivity contribution in [2.45, 2.75) is 26.7 Å². The van der Waals surface area contributed by atoms with Gasteiger partial charge >= 0.3 is 0 Å². The third-order valence-corrected chi connectivity index (χ3v) is 4.81. The highest BCUT2D eigenvalue weighted by Crippen LogP contribution is 2.31. The van der Waals surface area contributed by atoms with Crippen LogP contribution in [0.2, 0.25) is 0 Å². The third-order valence-electron chi connectivity index (χ3n) is 4.81. The summed E-state index contributed by atoms with van der Waals surface area (Å²) in [4.78, 5) is 27.7. The number of amides is 2. The van der Waals surface area contributed by atoms with Crippen molar-refractivity contribution >= 4 is 23.2 Å².